The predicted octanol–water partition coefficient (Wildman–Crippen LogP) is 21.2. The van der Waals surface area contributed by atoms with Crippen LogP contribution in [0.3, 0.4) is 0 Å². The molecule has 2 atom stereocenters. The van der Waals surface area contributed by atoms with Gasteiger partial charge in [0.25, 0.3) is 0 Å². The highest BCUT2D eigenvalue weighted by Crippen LogP contribution is 2.19. The van der Waals surface area contributed by atoms with Crippen LogP contribution in [0.2, 0.25) is 0 Å². The van der Waals surface area contributed by atoms with E-state index < -0.39 is 12.1 Å². The molecule has 0 rings (SSSR count). The van der Waals surface area contributed by atoms with Crippen molar-refractivity contribution in [2.75, 3.05) is 13.2 Å². The van der Waals surface area contributed by atoms with Crippen molar-refractivity contribution in [2.45, 2.75) is 392 Å². The Kier molecular flexibility index (Phi) is 61.9. The number of rotatable bonds is 63. The zero-order valence-electron chi connectivity index (χ0n) is 49.6. The third kappa shape index (κ3) is 59.7. The quantitative estimate of drug-likeness (QED) is 0.0320. The lowest BCUT2D eigenvalue weighted by atomic mass is 10.0. The van der Waals surface area contributed by atoms with E-state index in [1.54, 1.807) is 6.08 Å². The number of ether oxygens (including phenoxy) is 1. The SMILES string of the molecule is CCCCCCCCCCCCCCCCC/C=C/C(O)C(CO)NC(=O)CCCCCCCCCCCCCCCCCCCCCCOC(=O)CCCCCCCCCCCCCCCCCCCCC. The first kappa shape index (κ1) is 71.6. The molecule has 0 bridgehead atoms. The predicted molar refractivity (Wildman–Crippen MR) is 320 cm³/mol. The largest absolute Gasteiger partial charge is 0.466 e. The van der Waals surface area contributed by atoms with Crippen molar-refractivity contribution in [2.24, 2.45) is 0 Å². The van der Waals surface area contributed by atoms with E-state index >= 15 is 0 Å². The van der Waals surface area contributed by atoms with Gasteiger partial charge in [-0.15, -0.1) is 0 Å². The van der Waals surface area contributed by atoms with Gasteiger partial charge in [0.15, 0.2) is 0 Å². The second-order valence-corrected chi connectivity index (χ2v) is 23.2. The molecule has 1 amide bonds. The molecule has 0 aromatic heterocycles. The summed E-state index contributed by atoms with van der Waals surface area (Å²) in [5.74, 6) is -0.0507. The van der Waals surface area contributed by atoms with Gasteiger partial charge >= 0.3 is 5.97 Å². The summed E-state index contributed by atoms with van der Waals surface area (Å²) in [5, 5.41) is 23.2. The first-order valence-electron chi connectivity index (χ1n) is 33.5. The number of hydrogen-bond acceptors (Lipinski definition) is 5. The summed E-state index contributed by atoms with van der Waals surface area (Å²) in [4.78, 5) is 24.6. The normalized spacial score (nSPS) is 12.5. The van der Waals surface area contributed by atoms with Crippen LogP contribution in [-0.2, 0) is 14.3 Å². The molecule has 0 aliphatic heterocycles. The molecule has 6 heteroatoms. The van der Waals surface area contributed by atoms with Crippen LogP contribution in [0.15, 0.2) is 12.2 Å². The van der Waals surface area contributed by atoms with E-state index in [1.165, 1.54) is 315 Å². The molecule has 0 spiro atoms. The standard InChI is InChI=1S/C67H131NO5/c1-3-5-7-9-11-13-15-17-19-21-24-29-33-37-41-45-49-53-57-61-67(72)73-62-58-54-50-46-42-38-34-30-26-23-22-25-28-32-36-40-44-48-52-56-60-66(71)68-64(63-69)65(70)59-55-51-47-43-39-35-31-27-20-18-16-14-12-10-8-6-4-2/h55,59,64-65,69-70H,3-54,56-58,60-63H2,1-2H3,(H,68,71)/b59-55+. The minimum atomic E-state index is -0.845. The van der Waals surface area contributed by atoms with Crippen LogP contribution < -0.4 is 5.32 Å². The van der Waals surface area contributed by atoms with Gasteiger partial charge in [0.1, 0.15) is 0 Å². The number of aliphatic hydroxyl groups excluding tert-OH is 2. The number of amides is 1. The molecule has 6 nitrogen and oxygen atoms in total. The highest BCUT2D eigenvalue weighted by Gasteiger charge is 2.18. The Morgan fingerprint density at radius 1 is 0.370 bits per heavy atom. The van der Waals surface area contributed by atoms with Crippen molar-refractivity contribution in [1.82, 2.24) is 5.32 Å². The van der Waals surface area contributed by atoms with Crippen LogP contribution in [0, 0.1) is 0 Å². The van der Waals surface area contributed by atoms with Gasteiger partial charge in [-0.25, -0.2) is 0 Å². The van der Waals surface area contributed by atoms with E-state index in [1.807, 2.05) is 6.08 Å². The second kappa shape index (κ2) is 63.1. The van der Waals surface area contributed by atoms with Crippen LogP contribution in [0.1, 0.15) is 380 Å². The first-order chi connectivity index (χ1) is 36.0. The van der Waals surface area contributed by atoms with Crippen molar-refractivity contribution in [3.63, 3.8) is 0 Å². The van der Waals surface area contributed by atoms with Crippen molar-refractivity contribution in [3.05, 3.63) is 12.2 Å². The highest BCUT2D eigenvalue weighted by molar-refractivity contribution is 5.76. The van der Waals surface area contributed by atoms with Gasteiger partial charge in [-0.3, -0.25) is 9.59 Å². The zero-order chi connectivity index (χ0) is 52.9. The summed E-state index contributed by atoms with van der Waals surface area (Å²) < 4.78 is 5.51. The molecule has 0 aromatic rings. The molecule has 0 radical (unpaired) electrons. The maximum Gasteiger partial charge on any atom is 0.305 e. The number of hydrogen-bond donors (Lipinski definition) is 3. The monoisotopic (exact) mass is 1030 g/mol. The fraction of sp³-hybridized carbons (Fsp3) is 0.940. The van der Waals surface area contributed by atoms with E-state index in [2.05, 4.69) is 19.2 Å². The van der Waals surface area contributed by atoms with Gasteiger partial charge in [0.2, 0.25) is 5.91 Å². The van der Waals surface area contributed by atoms with Gasteiger partial charge in [0.05, 0.1) is 25.4 Å². The van der Waals surface area contributed by atoms with Crippen LogP contribution in [-0.4, -0.2) is 47.4 Å². The fourth-order valence-electron chi connectivity index (χ4n) is 10.7. The van der Waals surface area contributed by atoms with E-state index in [-0.39, 0.29) is 18.5 Å². The maximum absolute atomic E-state index is 12.5. The minimum absolute atomic E-state index is 0.0157. The smallest absolute Gasteiger partial charge is 0.305 e. The molecule has 0 heterocycles. The van der Waals surface area contributed by atoms with Gasteiger partial charge in [-0.05, 0) is 32.1 Å². The molecule has 0 aromatic carbocycles. The summed E-state index contributed by atoms with van der Waals surface area (Å²) in [6.45, 7) is 4.94. The Bertz CT molecular complexity index is 1100. The summed E-state index contributed by atoms with van der Waals surface area (Å²) in [5.41, 5.74) is 0. The molecule has 73 heavy (non-hydrogen) atoms. The lowest BCUT2D eigenvalue weighted by molar-refractivity contribution is -0.143. The molecule has 0 fully saturated rings. The van der Waals surface area contributed by atoms with Crippen LogP contribution in [0.25, 0.3) is 0 Å². The molecule has 3 N–H and O–H groups in total. The summed E-state index contributed by atoms with van der Waals surface area (Å²) in [7, 11) is 0. The molecule has 0 saturated carbocycles. The molecule has 0 aliphatic carbocycles. The van der Waals surface area contributed by atoms with Gasteiger partial charge in [-0.1, -0.05) is 347 Å². The van der Waals surface area contributed by atoms with E-state index in [0.29, 0.717) is 19.4 Å². The van der Waals surface area contributed by atoms with Gasteiger partial charge in [0, 0.05) is 12.8 Å². The maximum atomic E-state index is 12.5. The Labute approximate surface area is 457 Å². The van der Waals surface area contributed by atoms with E-state index in [4.69, 9.17) is 4.74 Å². The molecule has 0 aliphatic rings. The van der Waals surface area contributed by atoms with Crippen molar-refractivity contribution in [3.8, 4) is 0 Å². The lowest BCUT2D eigenvalue weighted by Gasteiger charge is -2.20. The summed E-state index contributed by atoms with van der Waals surface area (Å²) in [6.07, 6.45) is 76.9. The number of unbranched alkanes of at least 4 members (excludes halogenated alkanes) is 52. The minimum Gasteiger partial charge on any atom is -0.466 e. The number of esters is 1. The van der Waals surface area contributed by atoms with Crippen LogP contribution in [0.5, 0.6) is 0 Å². The molecule has 0 saturated heterocycles. The third-order valence-corrected chi connectivity index (χ3v) is 15.8. The number of nitrogens with one attached hydrogen (secondary N) is 1. The number of carbonyl (C=O) groups excluding carboxylic acids is 2. The second-order valence-electron chi connectivity index (χ2n) is 23.2. The first-order valence-corrected chi connectivity index (χ1v) is 33.5. The Morgan fingerprint density at radius 3 is 0.932 bits per heavy atom. The lowest BCUT2D eigenvalue weighted by Crippen LogP contribution is -2.45. The van der Waals surface area contributed by atoms with E-state index in [9.17, 15) is 19.8 Å². The van der Waals surface area contributed by atoms with Crippen LogP contribution >= 0.6 is 0 Å². The van der Waals surface area contributed by atoms with E-state index in [0.717, 1.165) is 38.5 Å². The Balaban J connectivity index is 3.38. The van der Waals surface area contributed by atoms with Gasteiger partial charge < -0.3 is 20.3 Å². The number of aliphatic hydroxyl groups is 2. The van der Waals surface area contributed by atoms with Gasteiger partial charge in [-0.2, -0.15) is 0 Å². The number of carbonyl (C=O) groups is 2. The van der Waals surface area contributed by atoms with Crippen LogP contribution in [0.4, 0.5) is 0 Å². The topological polar surface area (TPSA) is 95.9 Å². The zero-order valence-corrected chi connectivity index (χ0v) is 49.6. The average molecular weight is 1030 g/mol. The average Bonchev–Trinajstić information content (AvgIpc) is 3.39. The summed E-state index contributed by atoms with van der Waals surface area (Å²) >= 11 is 0. The molecular weight excluding hydrogens is 899 g/mol. The number of allylic oxidation sites excluding steroid dienone is 1. The highest BCUT2D eigenvalue weighted by atomic mass is 16.5. The van der Waals surface area contributed by atoms with Crippen molar-refractivity contribution >= 4 is 11.9 Å². The third-order valence-electron chi connectivity index (χ3n) is 15.8. The molecule has 2 unspecified atom stereocenters. The Morgan fingerprint density at radius 2 is 0.630 bits per heavy atom. The van der Waals surface area contributed by atoms with Crippen molar-refractivity contribution < 1.29 is 24.5 Å². The van der Waals surface area contributed by atoms with Crippen molar-refractivity contribution in [1.29, 1.82) is 0 Å². The fourth-order valence-corrected chi connectivity index (χ4v) is 10.7. The molecular formula is C67H131NO5. The molecule has 434 valence electrons. The summed E-state index contributed by atoms with van der Waals surface area (Å²) in [6, 6.07) is -0.629. The Hall–Kier alpha value is -1.40.